The van der Waals surface area contributed by atoms with Crippen LogP contribution in [0.2, 0.25) is 0 Å². The van der Waals surface area contributed by atoms with Gasteiger partial charge in [0.15, 0.2) is 0 Å². The summed E-state index contributed by atoms with van der Waals surface area (Å²) in [4.78, 5) is 13.3. The molecule has 4 nitrogen and oxygen atoms in total. The lowest BCUT2D eigenvalue weighted by molar-refractivity contribution is 0.0527. The van der Waals surface area contributed by atoms with E-state index < -0.39 is 5.97 Å². The second-order valence-electron chi connectivity index (χ2n) is 4.67. The lowest BCUT2D eigenvalue weighted by Gasteiger charge is -2.34. The summed E-state index contributed by atoms with van der Waals surface area (Å²) in [6, 6.07) is 5.30. The van der Waals surface area contributed by atoms with E-state index in [9.17, 15) is 4.79 Å². The molecule has 1 unspecified atom stereocenters. The van der Waals surface area contributed by atoms with Gasteiger partial charge in [0.05, 0.1) is 11.7 Å². The summed E-state index contributed by atoms with van der Waals surface area (Å²) in [5, 5.41) is 9.10. The second-order valence-corrected chi connectivity index (χ2v) is 5.58. The standard InChI is InChI=1S/C14H18BrNO3/c1-2-19-13-4-3-5-16(9-13)12-7-10(14(17)18)6-11(15)8-12/h6-8,13H,2-5,9H2,1H3,(H,17,18). The molecular weight excluding hydrogens is 310 g/mol. The molecule has 1 saturated heterocycles. The van der Waals surface area contributed by atoms with Gasteiger partial charge >= 0.3 is 5.97 Å². The van der Waals surface area contributed by atoms with Gasteiger partial charge in [-0.3, -0.25) is 0 Å². The molecule has 0 radical (unpaired) electrons. The molecule has 1 heterocycles. The third-order valence-electron chi connectivity index (χ3n) is 3.28. The molecule has 1 fully saturated rings. The van der Waals surface area contributed by atoms with Crippen molar-refractivity contribution in [2.24, 2.45) is 0 Å². The minimum atomic E-state index is -0.902. The minimum absolute atomic E-state index is 0.242. The first-order valence-electron chi connectivity index (χ1n) is 6.50. The molecule has 1 N–H and O–H groups in total. The van der Waals surface area contributed by atoms with Crippen molar-refractivity contribution in [3.05, 3.63) is 28.2 Å². The molecule has 0 aromatic heterocycles. The van der Waals surface area contributed by atoms with Gasteiger partial charge in [-0.2, -0.15) is 0 Å². The van der Waals surface area contributed by atoms with Gasteiger partial charge in [0, 0.05) is 29.9 Å². The number of hydrogen-bond acceptors (Lipinski definition) is 3. The highest BCUT2D eigenvalue weighted by atomic mass is 79.9. The number of carboxylic acids is 1. The number of rotatable bonds is 4. The van der Waals surface area contributed by atoms with Crippen LogP contribution in [0.15, 0.2) is 22.7 Å². The van der Waals surface area contributed by atoms with E-state index in [1.165, 1.54) is 0 Å². The Morgan fingerprint density at radius 2 is 2.32 bits per heavy atom. The van der Waals surface area contributed by atoms with Gasteiger partial charge in [0.1, 0.15) is 0 Å². The second kappa shape index (κ2) is 6.39. The average molecular weight is 328 g/mol. The number of carboxylic acid groups (broad SMARTS) is 1. The molecule has 0 amide bonds. The number of anilines is 1. The number of nitrogens with zero attached hydrogens (tertiary/aromatic N) is 1. The molecule has 0 bridgehead atoms. The summed E-state index contributed by atoms with van der Waals surface area (Å²) >= 11 is 3.37. The smallest absolute Gasteiger partial charge is 0.335 e. The average Bonchev–Trinajstić information content (AvgIpc) is 2.38. The monoisotopic (exact) mass is 327 g/mol. The molecular formula is C14H18BrNO3. The first-order chi connectivity index (χ1) is 9.10. The van der Waals surface area contributed by atoms with Crippen molar-refractivity contribution in [1.29, 1.82) is 0 Å². The van der Waals surface area contributed by atoms with Crippen LogP contribution in [0.3, 0.4) is 0 Å². The zero-order valence-electron chi connectivity index (χ0n) is 10.9. The van der Waals surface area contributed by atoms with Gasteiger partial charge in [0.2, 0.25) is 0 Å². The van der Waals surface area contributed by atoms with Crippen molar-refractivity contribution in [1.82, 2.24) is 0 Å². The van der Waals surface area contributed by atoms with Crippen molar-refractivity contribution in [2.75, 3.05) is 24.6 Å². The third kappa shape index (κ3) is 3.70. The summed E-state index contributed by atoms with van der Waals surface area (Å²) < 4.78 is 6.47. The third-order valence-corrected chi connectivity index (χ3v) is 3.73. The van der Waals surface area contributed by atoms with Crippen molar-refractivity contribution < 1.29 is 14.6 Å². The van der Waals surface area contributed by atoms with E-state index in [-0.39, 0.29) is 6.10 Å². The maximum absolute atomic E-state index is 11.1. The highest BCUT2D eigenvalue weighted by Gasteiger charge is 2.21. The molecule has 0 saturated carbocycles. The Labute approximate surface area is 121 Å². The van der Waals surface area contributed by atoms with Crippen LogP contribution in [0.1, 0.15) is 30.1 Å². The lowest BCUT2D eigenvalue weighted by Crippen LogP contribution is -2.39. The minimum Gasteiger partial charge on any atom is -0.478 e. The van der Waals surface area contributed by atoms with Crippen molar-refractivity contribution >= 4 is 27.6 Å². The number of halogens is 1. The van der Waals surface area contributed by atoms with Crippen LogP contribution in [-0.4, -0.2) is 36.9 Å². The topological polar surface area (TPSA) is 49.8 Å². The zero-order valence-corrected chi connectivity index (χ0v) is 12.5. The normalized spacial score (nSPS) is 19.5. The van der Waals surface area contributed by atoms with Crippen LogP contribution in [0.25, 0.3) is 0 Å². The molecule has 19 heavy (non-hydrogen) atoms. The van der Waals surface area contributed by atoms with E-state index in [2.05, 4.69) is 20.8 Å². The quantitative estimate of drug-likeness (QED) is 0.922. The molecule has 1 aliphatic heterocycles. The van der Waals surface area contributed by atoms with Crippen LogP contribution in [0.4, 0.5) is 5.69 Å². The van der Waals surface area contributed by atoms with Crippen molar-refractivity contribution in [2.45, 2.75) is 25.9 Å². The fraction of sp³-hybridized carbons (Fsp3) is 0.500. The summed E-state index contributed by atoms with van der Waals surface area (Å²) in [5.74, 6) is -0.902. The van der Waals surface area contributed by atoms with E-state index in [1.807, 2.05) is 13.0 Å². The Morgan fingerprint density at radius 3 is 3.00 bits per heavy atom. The molecule has 104 valence electrons. The van der Waals surface area contributed by atoms with E-state index in [0.717, 1.165) is 42.7 Å². The number of piperidine rings is 1. The van der Waals surface area contributed by atoms with Gasteiger partial charge in [-0.15, -0.1) is 0 Å². The molecule has 0 aliphatic carbocycles. The van der Waals surface area contributed by atoms with Crippen molar-refractivity contribution in [3.63, 3.8) is 0 Å². The largest absolute Gasteiger partial charge is 0.478 e. The molecule has 5 heteroatoms. The summed E-state index contributed by atoms with van der Waals surface area (Å²) in [6.45, 7) is 4.49. The number of carbonyl (C=O) groups is 1. The molecule has 2 rings (SSSR count). The number of benzene rings is 1. The summed E-state index contributed by atoms with van der Waals surface area (Å²) in [7, 11) is 0. The first kappa shape index (κ1) is 14.3. The Bertz CT molecular complexity index is 462. The summed E-state index contributed by atoms with van der Waals surface area (Å²) in [5.41, 5.74) is 1.25. The molecule has 0 spiro atoms. The Balaban J connectivity index is 2.18. The highest BCUT2D eigenvalue weighted by molar-refractivity contribution is 9.10. The van der Waals surface area contributed by atoms with Crippen LogP contribution >= 0.6 is 15.9 Å². The maximum atomic E-state index is 11.1. The fourth-order valence-electron chi connectivity index (χ4n) is 2.42. The molecule has 1 atom stereocenters. The Kier molecular flexibility index (Phi) is 4.82. The van der Waals surface area contributed by atoms with E-state index in [1.54, 1.807) is 12.1 Å². The molecule has 1 aromatic carbocycles. The number of hydrogen-bond donors (Lipinski definition) is 1. The van der Waals surface area contributed by atoms with Crippen LogP contribution in [-0.2, 0) is 4.74 Å². The lowest BCUT2D eigenvalue weighted by atomic mass is 10.1. The first-order valence-corrected chi connectivity index (χ1v) is 7.30. The Morgan fingerprint density at radius 1 is 1.53 bits per heavy atom. The molecule has 1 aromatic rings. The van der Waals surface area contributed by atoms with Crippen LogP contribution < -0.4 is 4.90 Å². The van der Waals surface area contributed by atoms with Gasteiger partial charge in [0.25, 0.3) is 0 Å². The zero-order chi connectivity index (χ0) is 13.8. The van der Waals surface area contributed by atoms with E-state index >= 15 is 0 Å². The fourth-order valence-corrected chi connectivity index (χ4v) is 2.91. The SMILES string of the molecule is CCOC1CCCN(c2cc(Br)cc(C(=O)O)c2)C1. The predicted octanol–water partition coefficient (Wildman–Crippen LogP) is 3.15. The van der Waals surface area contributed by atoms with Crippen LogP contribution in [0, 0.1) is 0 Å². The van der Waals surface area contributed by atoms with Gasteiger partial charge in [-0.25, -0.2) is 4.79 Å². The maximum Gasteiger partial charge on any atom is 0.335 e. The van der Waals surface area contributed by atoms with Crippen molar-refractivity contribution in [3.8, 4) is 0 Å². The van der Waals surface area contributed by atoms with Gasteiger partial charge < -0.3 is 14.7 Å². The number of aromatic carboxylic acids is 1. The van der Waals surface area contributed by atoms with Crippen LogP contribution in [0.5, 0.6) is 0 Å². The molecule has 1 aliphatic rings. The van der Waals surface area contributed by atoms with E-state index in [0.29, 0.717) is 5.56 Å². The predicted molar refractivity (Wildman–Crippen MR) is 78.0 cm³/mol. The number of ether oxygens (including phenoxy) is 1. The van der Waals surface area contributed by atoms with Gasteiger partial charge in [-0.05, 0) is 38.0 Å². The Hall–Kier alpha value is -1.07. The summed E-state index contributed by atoms with van der Waals surface area (Å²) in [6.07, 6.45) is 2.38. The van der Waals surface area contributed by atoms with E-state index in [4.69, 9.17) is 9.84 Å². The highest BCUT2D eigenvalue weighted by Crippen LogP contribution is 2.26. The van der Waals surface area contributed by atoms with Gasteiger partial charge in [-0.1, -0.05) is 15.9 Å².